The molecule has 2 rings (SSSR count). The predicted molar refractivity (Wildman–Crippen MR) is 101 cm³/mol. The topological polar surface area (TPSA) is 122 Å². The summed E-state index contributed by atoms with van der Waals surface area (Å²) in [6.45, 7) is 0.534. The fraction of sp³-hybridized carbons (Fsp3) is 0.235. The van der Waals surface area contributed by atoms with Crippen LogP contribution >= 0.6 is 0 Å². The first-order valence-corrected chi connectivity index (χ1v) is 9.45. The van der Waals surface area contributed by atoms with Crippen LogP contribution in [0, 0.1) is 10.1 Å². The fourth-order valence-corrected chi connectivity index (χ4v) is 3.15. The van der Waals surface area contributed by atoms with Crippen molar-refractivity contribution in [1.29, 1.82) is 0 Å². The lowest BCUT2D eigenvalue weighted by Gasteiger charge is -2.12. The summed E-state index contributed by atoms with van der Waals surface area (Å²) in [6, 6.07) is 11.8. The Kier molecular flexibility index (Phi) is 6.48. The SMILES string of the molecule is CN(C)S(=O)(=O)c1ccc(C(=O)NCCNc2ccccc2[N+](=O)[O-])cc1. The molecule has 0 radical (unpaired) electrons. The number of rotatable bonds is 8. The zero-order valence-electron chi connectivity index (χ0n) is 14.9. The minimum absolute atomic E-state index is 0.0403. The minimum atomic E-state index is -3.55. The third-order valence-corrected chi connectivity index (χ3v) is 5.55. The number of hydrogen-bond donors (Lipinski definition) is 2. The van der Waals surface area contributed by atoms with E-state index >= 15 is 0 Å². The molecule has 0 aliphatic heterocycles. The molecule has 144 valence electrons. The maximum atomic E-state index is 12.1. The van der Waals surface area contributed by atoms with Crippen LogP contribution in [0.1, 0.15) is 10.4 Å². The molecule has 0 saturated carbocycles. The molecule has 0 bridgehead atoms. The van der Waals surface area contributed by atoms with E-state index < -0.39 is 14.9 Å². The number of nitrogens with one attached hydrogen (secondary N) is 2. The Balaban J connectivity index is 1.91. The molecule has 0 aliphatic rings. The molecule has 27 heavy (non-hydrogen) atoms. The zero-order valence-corrected chi connectivity index (χ0v) is 15.7. The Morgan fingerprint density at radius 3 is 2.30 bits per heavy atom. The van der Waals surface area contributed by atoms with Crippen LogP contribution in [0.3, 0.4) is 0 Å². The molecule has 9 nitrogen and oxygen atoms in total. The number of amides is 1. The van der Waals surface area contributed by atoms with Gasteiger partial charge in [0.2, 0.25) is 10.0 Å². The number of hydrogen-bond acceptors (Lipinski definition) is 6. The molecule has 0 heterocycles. The molecule has 10 heteroatoms. The molecule has 1 amide bonds. The molecule has 0 atom stereocenters. The van der Waals surface area contributed by atoms with E-state index in [0.29, 0.717) is 17.8 Å². The summed E-state index contributed by atoms with van der Waals surface area (Å²) in [6.07, 6.45) is 0. The van der Waals surface area contributed by atoms with Crippen LogP contribution in [0.2, 0.25) is 0 Å². The van der Waals surface area contributed by atoms with E-state index in [1.807, 2.05) is 0 Å². The number of carbonyl (C=O) groups is 1. The summed E-state index contributed by atoms with van der Waals surface area (Å²) >= 11 is 0. The van der Waals surface area contributed by atoms with Gasteiger partial charge in [-0.25, -0.2) is 12.7 Å². The van der Waals surface area contributed by atoms with Crippen molar-refractivity contribution < 1.29 is 18.1 Å². The van der Waals surface area contributed by atoms with Gasteiger partial charge >= 0.3 is 0 Å². The molecule has 0 aromatic heterocycles. The Hall–Kier alpha value is -2.98. The van der Waals surface area contributed by atoms with Gasteiger partial charge < -0.3 is 10.6 Å². The van der Waals surface area contributed by atoms with Gasteiger partial charge in [0, 0.05) is 38.8 Å². The summed E-state index contributed by atoms with van der Waals surface area (Å²) in [4.78, 5) is 22.7. The van der Waals surface area contributed by atoms with E-state index in [2.05, 4.69) is 10.6 Å². The molecule has 0 aliphatic carbocycles. The quantitative estimate of drug-likeness (QED) is 0.400. The molecular formula is C17H20N4O5S. The normalized spacial score (nSPS) is 11.2. The van der Waals surface area contributed by atoms with E-state index in [1.165, 1.54) is 44.4 Å². The lowest BCUT2D eigenvalue weighted by atomic mass is 10.2. The van der Waals surface area contributed by atoms with Gasteiger partial charge in [-0.2, -0.15) is 0 Å². The Morgan fingerprint density at radius 1 is 1.07 bits per heavy atom. The molecule has 0 spiro atoms. The van der Waals surface area contributed by atoms with E-state index in [1.54, 1.807) is 18.2 Å². The van der Waals surface area contributed by atoms with Crippen LogP contribution in [0.15, 0.2) is 53.4 Å². The third kappa shape index (κ3) is 5.02. The first kappa shape index (κ1) is 20.3. The second kappa shape index (κ2) is 8.60. The summed E-state index contributed by atoms with van der Waals surface area (Å²) < 4.78 is 25.1. The molecule has 0 fully saturated rings. The van der Waals surface area contributed by atoms with E-state index in [4.69, 9.17) is 0 Å². The van der Waals surface area contributed by atoms with Crippen molar-refractivity contribution in [2.24, 2.45) is 0 Å². The molecule has 0 unspecified atom stereocenters. The highest BCUT2D eigenvalue weighted by atomic mass is 32.2. The summed E-state index contributed by atoms with van der Waals surface area (Å²) in [5.41, 5.74) is 0.648. The Bertz CT molecular complexity index is 927. The van der Waals surface area contributed by atoms with E-state index in [0.717, 1.165) is 4.31 Å². The van der Waals surface area contributed by atoms with Gasteiger partial charge in [0.15, 0.2) is 0 Å². The molecular weight excluding hydrogens is 372 g/mol. The van der Waals surface area contributed by atoms with Gasteiger partial charge in [-0.1, -0.05) is 12.1 Å². The highest BCUT2D eigenvalue weighted by Crippen LogP contribution is 2.22. The zero-order chi connectivity index (χ0) is 20.0. The van der Waals surface area contributed by atoms with Crippen LogP contribution in [-0.2, 0) is 10.0 Å². The van der Waals surface area contributed by atoms with Crippen LogP contribution in [0.5, 0.6) is 0 Å². The number of nitro benzene ring substituents is 1. The summed E-state index contributed by atoms with van der Waals surface area (Å²) in [7, 11) is -0.684. The largest absolute Gasteiger partial charge is 0.378 e. The lowest BCUT2D eigenvalue weighted by molar-refractivity contribution is -0.384. The van der Waals surface area contributed by atoms with Crippen LogP contribution in [0.25, 0.3) is 0 Å². The standard InChI is InChI=1S/C17H20N4O5S/c1-20(2)27(25,26)14-9-7-13(8-10-14)17(22)19-12-11-18-15-5-3-4-6-16(15)21(23)24/h3-10,18H,11-12H2,1-2H3,(H,19,22). The van der Waals surface area contributed by atoms with Gasteiger partial charge in [0.05, 0.1) is 9.82 Å². The Morgan fingerprint density at radius 2 is 1.70 bits per heavy atom. The average Bonchev–Trinajstić information content (AvgIpc) is 2.65. The van der Waals surface area contributed by atoms with Gasteiger partial charge in [-0.15, -0.1) is 0 Å². The molecule has 2 aromatic rings. The maximum Gasteiger partial charge on any atom is 0.292 e. The second-order valence-corrected chi connectivity index (χ2v) is 7.92. The highest BCUT2D eigenvalue weighted by Gasteiger charge is 2.17. The molecule has 0 saturated heterocycles. The average molecular weight is 392 g/mol. The number of nitro groups is 1. The molecule has 2 aromatic carbocycles. The number of nitrogens with zero attached hydrogens (tertiary/aromatic N) is 2. The molecule has 2 N–H and O–H groups in total. The number of para-hydroxylation sites is 2. The van der Waals surface area contributed by atoms with Crippen molar-refractivity contribution in [2.75, 3.05) is 32.5 Å². The monoisotopic (exact) mass is 392 g/mol. The van der Waals surface area contributed by atoms with Crippen molar-refractivity contribution in [3.05, 3.63) is 64.2 Å². The van der Waals surface area contributed by atoms with Crippen LogP contribution < -0.4 is 10.6 Å². The van der Waals surface area contributed by atoms with Crippen molar-refractivity contribution in [3.63, 3.8) is 0 Å². The van der Waals surface area contributed by atoms with E-state index in [-0.39, 0.29) is 23.0 Å². The number of sulfonamides is 1. The first-order chi connectivity index (χ1) is 12.7. The van der Waals surface area contributed by atoms with Gasteiger partial charge in [-0.3, -0.25) is 14.9 Å². The maximum absolute atomic E-state index is 12.1. The van der Waals surface area contributed by atoms with Crippen LogP contribution in [0.4, 0.5) is 11.4 Å². The number of carbonyl (C=O) groups excluding carboxylic acids is 1. The Labute approximate surface area is 157 Å². The van der Waals surface area contributed by atoms with Gasteiger partial charge in [0.25, 0.3) is 11.6 Å². The minimum Gasteiger partial charge on any atom is -0.378 e. The van der Waals surface area contributed by atoms with Gasteiger partial charge in [0.1, 0.15) is 5.69 Å². The van der Waals surface area contributed by atoms with Crippen molar-refractivity contribution in [3.8, 4) is 0 Å². The second-order valence-electron chi connectivity index (χ2n) is 5.77. The predicted octanol–water partition coefficient (Wildman–Crippen LogP) is 1.69. The third-order valence-electron chi connectivity index (χ3n) is 3.72. The van der Waals surface area contributed by atoms with Crippen molar-refractivity contribution in [1.82, 2.24) is 9.62 Å². The smallest absolute Gasteiger partial charge is 0.292 e. The van der Waals surface area contributed by atoms with Crippen LogP contribution in [-0.4, -0.2) is 50.7 Å². The van der Waals surface area contributed by atoms with Gasteiger partial charge in [-0.05, 0) is 30.3 Å². The fourth-order valence-electron chi connectivity index (χ4n) is 2.25. The summed E-state index contributed by atoms with van der Waals surface area (Å²) in [5, 5.41) is 16.5. The lowest BCUT2D eigenvalue weighted by Crippen LogP contribution is -2.29. The first-order valence-electron chi connectivity index (χ1n) is 8.01. The van der Waals surface area contributed by atoms with Crippen molar-refractivity contribution in [2.45, 2.75) is 4.90 Å². The number of benzene rings is 2. The van der Waals surface area contributed by atoms with E-state index in [9.17, 15) is 23.3 Å². The summed E-state index contributed by atoms with van der Waals surface area (Å²) in [5.74, 6) is -0.367. The van der Waals surface area contributed by atoms with Crippen molar-refractivity contribution >= 4 is 27.3 Å². The number of anilines is 1. The highest BCUT2D eigenvalue weighted by molar-refractivity contribution is 7.89.